The molecule has 2 unspecified atom stereocenters. The fourth-order valence-electron chi connectivity index (χ4n) is 3.71. The van der Waals surface area contributed by atoms with Crippen LogP contribution >= 0.6 is 0 Å². The summed E-state index contributed by atoms with van der Waals surface area (Å²) in [6.07, 6.45) is -3.74. The number of hydrogen-bond donors (Lipinski definition) is 2. The summed E-state index contributed by atoms with van der Waals surface area (Å²) < 4.78 is 38.5. The second kappa shape index (κ2) is 8.97. The molecular formula is C22H25F3N2O2. The molecule has 1 amide bonds. The molecule has 156 valence electrons. The van der Waals surface area contributed by atoms with Crippen molar-refractivity contribution in [3.05, 3.63) is 70.8 Å². The number of benzene rings is 2. The van der Waals surface area contributed by atoms with Gasteiger partial charge in [-0.2, -0.15) is 13.2 Å². The van der Waals surface area contributed by atoms with E-state index in [1.165, 1.54) is 12.1 Å². The first-order valence-electron chi connectivity index (χ1n) is 9.68. The second-order valence-corrected chi connectivity index (χ2v) is 7.43. The number of nitrogens with one attached hydrogen (secondary N) is 1. The van der Waals surface area contributed by atoms with Crippen molar-refractivity contribution in [2.24, 2.45) is 0 Å². The smallest absolute Gasteiger partial charge is 0.392 e. The Morgan fingerprint density at radius 2 is 1.90 bits per heavy atom. The minimum absolute atomic E-state index is 0.0861. The highest BCUT2D eigenvalue weighted by molar-refractivity contribution is 5.79. The normalized spacial score (nSPS) is 17.7. The third-order valence-corrected chi connectivity index (χ3v) is 5.16. The number of hydrogen-bond acceptors (Lipinski definition) is 3. The van der Waals surface area contributed by atoms with Gasteiger partial charge in [-0.1, -0.05) is 36.4 Å². The standard InChI is InChI=1S/C22H25F3N2O2/c1-15(28)13-26-14-21(29)27-11-10-17-4-2-3-5-19(17)20(27)12-16-6-8-18(9-7-16)22(23,24)25/h2-9,15,20,26,28H,10-14H2,1H3. The zero-order valence-electron chi connectivity index (χ0n) is 16.2. The number of amides is 1. The lowest BCUT2D eigenvalue weighted by molar-refractivity contribution is -0.137. The van der Waals surface area contributed by atoms with Crippen LogP contribution in [0.3, 0.4) is 0 Å². The summed E-state index contributed by atoms with van der Waals surface area (Å²) in [7, 11) is 0. The zero-order valence-corrected chi connectivity index (χ0v) is 16.2. The van der Waals surface area contributed by atoms with Gasteiger partial charge in [0.15, 0.2) is 0 Å². The quantitative estimate of drug-likeness (QED) is 0.774. The lowest BCUT2D eigenvalue weighted by Crippen LogP contribution is -2.45. The minimum atomic E-state index is -4.37. The molecule has 1 heterocycles. The van der Waals surface area contributed by atoms with Crippen molar-refractivity contribution in [1.29, 1.82) is 0 Å². The highest BCUT2D eigenvalue weighted by Crippen LogP contribution is 2.34. The van der Waals surface area contributed by atoms with Crippen molar-refractivity contribution in [3.63, 3.8) is 0 Å². The highest BCUT2D eigenvalue weighted by Gasteiger charge is 2.32. The monoisotopic (exact) mass is 406 g/mol. The molecule has 1 aliphatic heterocycles. The van der Waals surface area contributed by atoms with E-state index in [9.17, 15) is 23.1 Å². The number of alkyl halides is 3. The Hall–Kier alpha value is -2.38. The molecule has 0 aromatic heterocycles. The molecule has 0 saturated carbocycles. The van der Waals surface area contributed by atoms with Gasteiger partial charge in [-0.25, -0.2) is 0 Å². The van der Waals surface area contributed by atoms with Gasteiger partial charge in [0.2, 0.25) is 5.91 Å². The van der Waals surface area contributed by atoms with E-state index in [4.69, 9.17) is 0 Å². The van der Waals surface area contributed by atoms with E-state index in [-0.39, 0.29) is 18.5 Å². The van der Waals surface area contributed by atoms with Gasteiger partial charge in [-0.3, -0.25) is 4.79 Å². The van der Waals surface area contributed by atoms with Crippen molar-refractivity contribution in [3.8, 4) is 0 Å². The second-order valence-electron chi connectivity index (χ2n) is 7.43. The Kier molecular flexibility index (Phi) is 6.59. The van der Waals surface area contributed by atoms with Crippen LogP contribution in [-0.4, -0.2) is 41.7 Å². The number of aliphatic hydroxyl groups is 1. The van der Waals surface area contributed by atoms with E-state index in [0.29, 0.717) is 19.5 Å². The van der Waals surface area contributed by atoms with E-state index >= 15 is 0 Å². The Morgan fingerprint density at radius 1 is 1.21 bits per heavy atom. The van der Waals surface area contributed by atoms with Crippen LogP contribution in [0.4, 0.5) is 13.2 Å². The molecular weight excluding hydrogens is 381 g/mol. The van der Waals surface area contributed by atoms with Crippen LogP contribution in [0.5, 0.6) is 0 Å². The van der Waals surface area contributed by atoms with Crippen LogP contribution in [0, 0.1) is 0 Å². The Bertz CT molecular complexity index is 835. The van der Waals surface area contributed by atoms with Crippen molar-refractivity contribution in [2.75, 3.05) is 19.6 Å². The van der Waals surface area contributed by atoms with Crippen molar-refractivity contribution in [1.82, 2.24) is 10.2 Å². The zero-order chi connectivity index (χ0) is 21.0. The predicted octanol–water partition coefficient (Wildman–Crippen LogP) is 3.34. The van der Waals surface area contributed by atoms with E-state index in [0.717, 1.165) is 35.2 Å². The SMILES string of the molecule is CC(O)CNCC(=O)N1CCc2ccccc2C1Cc1ccc(C(F)(F)F)cc1. The number of rotatable bonds is 6. The molecule has 0 radical (unpaired) electrons. The maximum atomic E-state index is 12.8. The van der Waals surface area contributed by atoms with Gasteiger partial charge in [-0.05, 0) is 48.6 Å². The van der Waals surface area contributed by atoms with E-state index in [1.807, 2.05) is 24.3 Å². The van der Waals surface area contributed by atoms with Crippen LogP contribution in [-0.2, 0) is 23.8 Å². The number of fused-ring (bicyclic) bond motifs is 1. The molecule has 2 aromatic carbocycles. The predicted molar refractivity (Wildman–Crippen MR) is 104 cm³/mol. The van der Waals surface area contributed by atoms with Crippen LogP contribution in [0.1, 0.15) is 35.2 Å². The van der Waals surface area contributed by atoms with Crippen molar-refractivity contribution in [2.45, 2.75) is 38.1 Å². The molecule has 29 heavy (non-hydrogen) atoms. The van der Waals surface area contributed by atoms with Crippen LogP contribution in [0.25, 0.3) is 0 Å². The van der Waals surface area contributed by atoms with Gasteiger partial charge in [0.25, 0.3) is 0 Å². The first kappa shape index (κ1) is 21.3. The summed E-state index contributed by atoms with van der Waals surface area (Å²) >= 11 is 0. The van der Waals surface area contributed by atoms with E-state index in [2.05, 4.69) is 5.32 Å². The first-order chi connectivity index (χ1) is 13.8. The molecule has 0 spiro atoms. The lowest BCUT2D eigenvalue weighted by atomic mass is 9.88. The van der Waals surface area contributed by atoms with Gasteiger partial charge in [0.05, 0.1) is 24.3 Å². The van der Waals surface area contributed by atoms with Crippen LogP contribution in [0.2, 0.25) is 0 Å². The summed E-state index contributed by atoms with van der Waals surface area (Å²) in [5.41, 5.74) is 2.25. The lowest BCUT2D eigenvalue weighted by Gasteiger charge is -2.38. The van der Waals surface area contributed by atoms with Gasteiger partial charge in [0, 0.05) is 13.1 Å². The maximum absolute atomic E-state index is 12.8. The average Bonchev–Trinajstić information content (AvgIpc) is 2.67. The van der Waals surface area contributed by atoms with Crippen molar-refractivity contribution >= 4 is 5.91 Å². The topological polar surface area (TPSA) is 52.6 Å². The summed E-state index contributed by atoms with van der Waals surface area (Å²) in [5, 5.41) is 12.3. The summed E-state index contributed by atoms with van der Waals surface area (Å²) in [6.45, 7) is 2.62. The highest BCUT2D eigenvalue weighted by atomic mass is 19.4. The Morgan fingerprint density at radius 3 is 2.55 bits per heavy atom. The molecule has 0 bridgehead atoms. The maximum Gasteiger partial charge on any atom is 0.416 e. The van der Waals surface area contributed by atoms with E-state index in [1.54, 1.807) is 11.8 Å². The molecule has 2 aromatic rings. The average molecular weight is 406 g/mol. The molecule has 2 atom stereocenters. The summed E-state index contributed by atoms with van der Waals surface area (Å²) in [6, 6.07) is 12.8. The molecule has 0 fully saturated rings. The van der Waals surface area contributed by atoms with Gasteiger partial charge < -0.3 is 15.3 Å². The largest absolute Gasteiger partial charge is 0.416 e. The summed E-state index contributed by atoms with van der Waals surface area (Å²) in [4.78, 5) is 14.6. The Labute approximate surface area is 168 Å². The Balaban J connectivity index is 1.81. The van der Waals surface area contributed by atoms with Crippen LogP contribution < -0.4 is 5.32 Å². The third-order valence-electron chi connectivity index (χ3n) is 5.16. The van der Waals surface area contributed by atoms with Crippen molar-refractivity contribution < 1.29 is 23.1 Å². The van der Waals surface area contributed by atoms with Gasteiger partial charge in [0.1, 0.15) is 0 Å². The first-order valence-corrected chi connectivity index (χ1v) is 9.68. The fourth-order valence-corrected chi connectivity index (χ4v) is 3.71. The molecule has 0 aliphatic carbocycles. The summed E-state index contributed by atoms with van der Waals surface area (Å²) in [5.74, 6) is -0.0861. The molecule has 0 saturated heterocycles. The van der Waals surface area contributed by atoms with Crippen LogP contribution in [0.15, 0.2) is 48.5 Å². The molecule has 4 nitrogen and oxygen atoms in total. The molecule has 3 rings (SSSR count). The van der Waals surface area contributed by atoms with E-state index < -0.39 is 17.8 Å². The number of halogens is 3. The number of aliphatic hydroxyl groups excluding tert-OH is 1. The third kappa shape index (κ3) is 5.36. The minimum Gasteiger partial charge on any atom is -0.392 e. The molecule has 7 heteroatoms. The molecule has 2 N–H and O–H groups in total. The van der Waals surface area contributed by atoms with Gasteiger partial charge >= 0.3 is 6.18 Å². The number of nitrogens with zero attached hydrogens (tertiary/aromatic N) is 1. The molecule has 1 aliphatic rings. The number of carbonyl (C=O) groups excluding carboxylic acids is 1. The number of carbonyl (C=O) groups is 1. The fraction of sp³-hybridized carbons (Fsp3) is 0.409. The van der Waals surface area contributed by atoms with Gasteiger partial charge in [-0.15, -0.1) is 0 Å².